The summed E-state index contributed by atoms with van der Waals surface area (Å²) in [4.78, 5) is 7.84. The first-order valence-electron chi connectivity index (χ1n) is 4.27. The summed E-state index contributed by atoms with van der Waals surface area (Å²) >= 11 is 0. The Hall–Kier alpha value is -1.47. The molecule has 2 aromatic rings. The maximum absolute atomic E-state index is 11.0. The predicted molar refractivity (Wildman–Crippen MR) is 57.4 cm³/mol. The van der Waals surface area contributed by atoms with Gasteiger partial charge in [-0.3, -0.25) is 4.98 Å². The molecule has 16 heavy (non-hydrogen) atoms. The van der Waals surface area contributed by atoms with Crippen LogP contribution in [0.1, 0.15) is 5.69 Å². The van der Waals surface area contributed by atoms with E-state index in [0.717, 1.165) is 0 Å². The van der Waals surface area contributed by atoms with Gasteiger partial charge in [0.1, 0.15) is 0 Å². The third-order valence-corrected chi connectivity index (χ3v) is 3.03. The lowest BCUT2D eigenvalue weighted by Gasteiger charge is -1.97. The summed E-state index contributed by atoms with van der Waals surface area (Å²) in [5.74, 6) is 0.254. The first-order chi connectivity index (χ1) is 7.48. The van der Waals surface area contributed by atoms with Gasteiger partial charge in [-0.25, -0.2) is 13.5 Å². The van der Waals surface area contributed by atoms with Crippen LogP contribution in [0, 0.1) is 6.92 Å². The van der Waals surface area contributed by atoms with Crippen LogP contribution in [0.5, 0.6) is 0 Å². The standard InChI is InChI=1S/C8H7ClN4O2S/c1-5-6(3-2-4-10-5)7-11-8(13-12-7)16(9,14)15/h2-4H,1H3,(H,11,12,13). The van der Waals surface area contributed by atoms with Gasteiger partial charge >= 0.3 is 0 Å². The number of hydrogen-bond acceptors (Lipinski definition) is 5. The highest BCUT2D eigenvalue weighted by Crippen LogP contribution is 2.19. The van der Waals surface area contributed by atoms with Crippen molar-refractivity contribution in [2.45, 2.75) is 12.1 Å². The zero-order valence-electron chi connectivity index (χ0n) is 8.18. The maximum atomic E-state index is 11.0. The van der Waals surface area contributed by atoms with Crippen LogP contribution >= 0.6 is 10.7 Å². The maximum Gasteiger partial charge on any atom is 0.296 e. The third kappa shape index (κ3) is 2.05. The molecule has 0 saturated carbocycles. The largest absolute Gasteiger partial charge is 0.296 e. The highest BCUT2D eigenvalue weighted by atomic mass is 35.7. The number of nitrogens with one attached hydrogen (secondary N) is 1. The average molecular weight is 259 g/mol. The number of pyridine rings is 1. The fraction of sp³-hybridized carbons (Fsp3) is 0.125. The number of hydrogen-bond donors (Lipinski definition) is 1. The minimum Gasteiger partial charge on any atom is -0.261 e. The van der Waals surface area contributed by atoms with Crippen molar-refractivity contribution in [2.75, 3.05) is 0 Å². The van der Waals surface area contributed by atoms with Crippen LogP contribution < -0.4 is 0 Å². The molecular weight excluding hydrogens is 252 g/mol. The lowest BCUT2D eigenvalue weighted by atomic mass is 10.2. The quantitative estimate of drug-likeness (QED) is 0.815. The first-order valence-corrected chi connectivity index (χ1v) is 6.58. The molecule has 0 aliphatic rings. The molecule has 6 nitrogen and oxygen atoms in total. The van der Waals surface area contributed by atoms with E-state index in [0.29, 0.717) is 11.3 Å². The molecule has 0 spiro atoms. The summed E-state index contributed by atoms with van der Waals surface area (Å²) in [7, 11) is 1.24. The smallest absolute Gasteiger partial charge is 0.261 e. The van der Waals surface area contributed by atoms with Crippen LogP contribution in [-0.4, -0.2) is 28.6 Å². The summed E-state index contributed by atoms with van der Waals surface area (Å²) < 4.78 is 22.0. The molecule has 84 valence electrons. The number of aryl methyl sites for hydroxylation is 1. The van der Waals surface area contributed by atoms with E-state index >= 15 is 0 Å². The SMILES string of the molecule is Cc1ncccc1-c1n[nH]c(S(=O)(=O)Cl)n1. The van der Waals surface area contributed by atoms with Crippen molar-refractivity contribution in [1.82, 2.24) is 20.2 Å². The van der Waals surface area contributed by atoms with Gasteiger partial charge < -0.3 is 0 Å². The second kappa shape index (κ2) is 3.84. The Morgan fingerprint density at radius 2 is 2.19 bits per heavy atom. The van der Waals surface area contributed by atoms with E-state index in [1.54, 1.807) is 25.3 Å². The third-order valence-electron chi connectivity index (χ3n) is 1.94. The Kier molecular flexibility index (Phi) is 2.64. The van der Waals surface area contributed by atoms with Crippen LogP contribution in [0.25, 0.3) is 11.4 Å². The van der Waals surface area contributed by atoms with E-state index in [1.807, 2.05) is 0 Å². The molecule has 0 amide bonds. The molecule has 8 heteroatoms. The predicted octanol–water partition coefficient (Wildman–Crippen LogP) is 1.10. The lowest BCUT2D eigenvalue weighted by molar-refractivity contribution is 0.602. The molecule has 2 heterocycles. The van der Waals surface area contributed by atoms with Gasteiger partial charge in [0, 0.05) is 28.1 Å². The van der Waals surface area contributed by atoms with Gasteiger partial charge in [-0.15, -0.1) is 0 Å². The molecule has 2 aromatic heterocycles. The first kappa shape index (κ1) is 11.0. The second-order valence-corrected chi connectivity index (χ2v) is 5.52. The summed E-state index contributed by atoms with van der Waals surface area (Å²) in [5, 5.41) is 5.67. The lowest BCUT2D eigenvalue weighted by Crippen LogP contribution is -1.93. The molecule has 1 N–H and O–H groups in total. The minimum atomic E-state index is -3.88. The Morgan fingerprint density at radius 3 is 2.75 bits per heavy atom. The van der Waals surface area contributed by atoms with E-state index in [9.17, 15) is 8.42 Å². The van der Waals surface area contributed by atoms with Crippen molar-refractivity contribution in [3.05, 3.63) is 24.0 Å². The second-order valence-electron chi connectivity index (χ2n) is 3.04. The van der Waals surface area contributed by atoms with Gasteiger partial charge in [-0.05, 0) is 19.1 Å². The highest BCUT2D eigenvalue weighted by Gasteiger charge is 2.17. The summed E-state index contributed by atoms with van der Waals surface area (Å²) in [6, 6.07) is 3.46. The van der Waals surface area contributed by atoms with Crippen molar-refractivity contribution in [1.29, 1.82) is 0 Å². The number of rotatable bonds is 2. The molecule has 0 aliphatic heterocycles. The number of H-pyrrole nitrogens is 1. The van der Waals surface area contributed by atoms with E-state index < -0.39 is 9.05 Å². The molecule has 2 rings (SSSR count). The Bertz CT molecular complexity index is 622. The zero-order valence-corrected chi connectivity index (χ0v) is 9.75. The summed E-state index contributed by atoms with van der Waals surface area (Å²) in [6.07, 6.45) is 1.63. The molecule has 0 radical (unpaired) electrons. The van der Waals surface area contributed by atoms with Crippen LogP contribution in [0.2, 0.25) is 0 Å². The molecule has 0 aromatic carbocycles. The number of aromatic nitrogens is 4. The number of nitrogens with zero attached hydrogens (tertiary/aromatic N) is 3. The molecule has 0 atom stereocenters. The molecule has 0 fully saturated rings. The van der Waals surface area contributed by atoms with Crippen molar-refractivity contribution >= 4 is 19.7 Å². The summed E-state index contributed by atoms with van der Waals surface area (Å²) in [5.41, 5.74) is 1.37. The molecule has 0 unspecified atom stereocenters. The van der Waals surface area contributed by atoms with Gasteiger partial charge in [-0.1, -0.05) is 0 Å². The van der Waals surface area contributed by atoms with E-state index in [1.165, 1.54) is 0 Å². The molecular formula is C8H7ClN4O2S. The average Bonchev–Trinajstić information content (AvgIpc) is 2.66. The van der Waals surface area contributed by atoms with Crippen LogP contribution in [-0.2, 0) is 9.05 Å². The van der Waals surface area contributed by atoms with Crippen LogP contribution in [0.3, 0.4) is 0 Å². The van der Waals surface area contributed by atoms with Crippen molar-refractivity contribution in [3.8, 4) is 11.4 Å². The van der Waals surface area contributed by atoms with E-state index in [-0.39, 0.29) is 11.0 Å². The van der Waals surface area contributed by atoms with Gasteiger partial charge in [0.2, 0.25) is 0 Å². The fourth-order valence-corrected chi connectivity index (χ4v) is 1.75. The number of aromatic amines is 1. The van der Waals surface area contributed by atoms with Gasteiger partial charge in [0.25, 0.3) is 14.2 Å². The minimum absolute atomic E-state index is 0.254. The van der Waals surface area contributed by atoms with Crippen molar-refractivity contribution < 1.29 is 8.42 Å². The van der Waals surface area contributed by atoms with Gasteiger partial charge in [-0.2, -0.15) is 10.1 Å². The van der Waals surface area contributed by atoms with Crippen LogP contribution in [0.4, 0.5) is 0 Å². The van der Waals surface area contributed by atoms with Gasteiger partial charge in [0.05, 0.1) is 0 Å². The van der Waals surface area contributed by atoms with Crippen molar-refractivity contribution in [3.63, 3.8) is 0 Å². The van der Waals surface area contributed by atoms with Crippen LogP contribution in [0.15, 0.2) is 23.5 Å². The molecule has 0 saturated heterocycles. The Labute approximate surface area is 96.1 Å². The topological polar surface area (TPSA) is 88.6 Å². The Morgan fingerprint density at radius 1 is 1.44 bits per heavy atom. The zero-order chi connectivity index (χ0) is 11.8. The Balaban J connectivity index is 2.52. The van der Waals surface area contributed by atoms with Crippen molar-refractivity contribution in [2.24, 2.45) is 0 Å². The fourth-order valence-electron chi connectivity index (χ4n) is 1.20. The monoisotopic (exact) mass is 258 g/mol. The molecule has 0 aliphatic carbocycles. The van der Waals surface area contributed by atoms with E-state index in [4.69, 9.17) is 10.7 Å². The number of halogens is 1. The normalized spacial score (nSPS) is 11.6. The molecule has 0 bridgehead atoms. The van der Waals surface area contributed by atoms with Gasteiger partial charge in [0.15, 0.2) is 5.82 Å². The van der Waals surface area contributed by atoms with E-state index in [2.05, 4.69) is 20.2 Å². The highest BCUT2D eigenvalue weighted by molar-refractivity contribution is 8.13. The summed E-state index contributed by atoms with van der Waals surface area (Å²) in [6.45, 7) is 1.78.